The number of ether oxygens (including phenoxy) is 1. The molecule has 2 amide bonds. The van der Waals surface area contributed by atoms with Crippen molar-refractivity contribution in [1.82, 2.24) is 5.06 Å². The van der Waals surface area contributed by atoms with Gasteiger partial charge in [-0.1, -0.05) is 41.4 Å². The molecule has 7 heteroatoms. The number of anilines is 1. The molecular formula is C16H16Cl2N2O3. The summed E-state index contributed by atoms with van der Waals surface area (Å²) in [4.78, 5) is 16.5. The molecular weight excluding hydrogens is 339 g/mol. The van der Waals surface area contributed by atoms with Crippen LogP contribution in [-0.4, -0.2) is 25.3 Å². The highest BCUT2D eigenvalue weighted by molar-refractivity contribution is 6.32. The molecule has 0 spiro atoms. The lowest BCUT2D eigenvalue weighted by Gasteiger charge is -2.15. The van der Waals surface area contributed by atoms with E-state index in [0.717, 1.165) is 10.6 Å². The Balaban J connectivity index is 2.02. The van der Waals surface area contributed by atoms with Gasteiger partial charge in [0, 0.05) is 23.3 Å². The van der Waals surface area contributed by atoms with Gasteiger partial charge < -0.3 is 10.1 Å². The maximum atomic E-state index is 11.7. The number of hydrogen-bond donors (Lipinski definition) is 1. The van der Waals surface area contributed by atoms with Crippen molar-refractivity contribution in [3.05, 3.63) is 58.1 Å². The van der Waals surface area contributed by atoms with Gasteiger partial charge in [-0.05, 0) is 24.3 Å². The molecule has 0 saturated carbocycles. The van der Waals surface area contributed by atoms with Gasteiger partial charge >= 0.3 is 6.03 Å². The zero-order valence-electron chi connectivity index (χ0n) is 12.7. The van der Waals surface area contributed by atoms with Crippen LogP contribution in [0, 0.1) is 0 Å². The van der Waals surface area contributed by atoms with E-state index in [2.05, 4.69) is 5.32 Å². The second-order valence-electron chi connectivity index (χ2n) is 4.64. The highest BCUT2D eigenvalue weighted by Gasteiger charge is 2.10. The van der Waals surface area contributed by atoms with Crippen molar-refractivity contribution < 1.29 is 14.4 Å². The fourth-order valence-corrected chi connectivity index (χ4v) is 2.17. The first-order chi connectivity index (χ1) is 11.0. The fraction of sp³-hybridized carbons (Fsp3) is 0.188. The van der Waals surface area contributed by atoms with Gasteiger partial charge in [-0.2, -0.15) is 0 Å². The van der Waals surface area contributed by atoms with E-state index < -0.39 is 6.03 Å². The van der Waals surface area contributed by atoms with Crippen molar-refractivity contribution in [2.24, 2.45) is 0 Å². The molecule has 0 heterocycles. The lowest BCUT2D eigenvalue weighted by atomic mass is 10.2. The van der Waals surface area contributed by atoms with Gasteiger partial charge in [0.05, 0.1) is 12.1 Å². The van der Waals surface area contributed by atoms with Crippen LogP contribution < -0.4 is 10.1 Å². The number of halogens is 2. The molecule has 0 radical (unpaired) electrons. The number of carbonyl (C=O) groups is 1. The minimum absolute atomic E-state index is 0.273. The third-order valence-electron chi connectivity index (χ3n) is 3.08. The average molecular weight is 355 g/mol. The molecule has 2 aromatic carbocycles. The number of urea groups is 1. The largest absolute Gasteiger partial charge is 0.487 e. The number of benzene rings is 2. The van der Waals surface area contributed by atoms with Gasteiger partial charge in [0.15, 0.2) is 0 Å². The van der Waals surface area contributed by atoms with Crippen LogP contribution in [0.15, 0.2) is 42.5 Å². The van der Waals surface area contributed by atoms with E-state index in [1.54, 1.807) is 30.3 Å². The van der Waals surface area contributed by atoms with Crippen molar-refractivity contribution in [3.63, 3.8) is 0 Å². The first-order valence-corrected chi connectivity index (χ1v) is 7.51. The van der Waals surface area contributed by atoms with E-state index in [0.29, 0.717) is 21.5 Å². The van der Waals surface area contributed by atoms with Gasteiger partial charge in [-0.3, -0.25) is 4.84 Å². The number of hydrogen-bond acceptors (Lipinski definition) is 3. The normalized spacial score (nSPS) is 10.3. The molecule has 2 aromatic rings. The van der Waals surface area contributed by atoms with Crippen LogP contribution in [0.3, 0.4) is 0 Å². The van der Waals surface area contributed by atoms with Gasteiger partial charge in [0.2, 0.25) is 0 Å². The summed E-state index contributed by atoms with van der Waals surface area (Å²) in [6, 6.07) is 12.0. The van der Waals surface area contributed by atoms with Crippen LogP contribution in [0.1, 0.15) is 5.56 Å². The third kappa shape index (κ3) is 4.76. The Bertz CT molecular complexity index is 695. The van der Waals surface area contributed by atoms with Crippen molar-refractivity contribution in [3.8, 4) is 5.75 Å². The van der Waals surface area contributed by atoms with Crippen molar-refractivity contribution in [2.45, 2.75) is 6.61 Å². The molecule has 0 atom stereocenters. The summed E-state index contributed by atoms with van der Waals surface area (Å²) < 4.78 is 5.65. The summed E-state index contributed by atoms with van der Waals surface area (Å²) >= 11 is 12.3. The minimum Gasteiger partial charge on any atom is -0.487 e. The molecule has 0 fully saturated rings. The van der Waals surface area contributed by atoms with Crippen molar-refractivity contribution >= 4 is 34.9 Å². The zero-order chi connectivity index (χ0) is 16.8. The monoisotopic (exact) mass is 354 g/mol. The third-order valence-corrected chi connectivity index (χ3v) is 3.75. The van der Waals surface area contributed by atoms with Crippen LogP contribution in [0.2, 0.25) is 10.0 Å². The Kier molecular flexibility index (Phi) is 6.10. The number of amides is 2. The first-order valence-electron chi connectivity index (χ1n) is 6.76. The van der Waals surface area contributed by atoms with Crippen LogP contribution in [0.5, 0.6) is 5.75 Å². The van der Waals surface area contributed by atoms with Crippen LogP contribution in [0.4, 0.5) is 10.5 Å². The second kappa shape index (κ2) is 8.06. The average Bonchev–Trinajstić information content (AvgIpc) is 2.54. The summed E-state index contributed by atoms with van der Waals surface area (Å²) in [6.45, 7) is 0.273. The minimum atomic E-state index is -0.399. The van der Waals surface area contributed by atoms with Gasteiger partial charge in [-0.25, -0.2) is 9.86 Å². The molecule has 0 bridgehead atoms. The Morgan fingerprint density at radius 1 is 1.17 bits per heavy atom. The summed E-state index contributed by atoms with van der Waals surface area (Å²) in [6.07, 6.45) is 0. The highest BCUT2D eigenvalue weighted by atomic mass is 35.5. The van der Waals surface area contributed by atoms with E-state index >= 15 is 0 Å². The number of nitrogens with zero attached hydrogens (tertiary/aromatic N) is 1. The van der Waals surface area contributed by atoms with E-state index in [1.807, 2.05) is 12.1 Å². The Hall–Kier alpha value is -1.95. The lowest BCUT2D eigenvalue weighted by Crippen LogP contribution is -2.30. The molecule has 122 valence electrons. The molecule has 0 aliphatic carbocycles. The summed E-state index contributed by atoms with van der Waals surface area (Å²) in [7, 11) is 2.91. The summed E-state index contributed by atoms with van der Waals surface area (Å²) in [5, 5.41) is 4.75. The number of carbonyl (C=O) groups excluding carboxylic acids is 1. The fourth-order valence-electron chi connectivity index (χ4n) is 1.74. The molecule has 0 aliphatic heterocycles. The quantitative estimate of drug-likeness (QED) is 0.798. The van der Waals surface area contributed by atoms with Crippen LogP contribution in [-0.2, 0) is 11.4 Å². The van der Waals surface area contributed by atoms with Gasteiger partial charge in [-0.15, -0.1) is 0 Å². The lowest BCUT2D eigenvalue weighted by molar-refractivity contribution is -0.0598. The zero-order valence-corrected chi connectivity index (χ0v) is 14.2. The molecule has 0 saturated heterocycles. The first kappa shape index (κ1) is 17.4. The van der Waals surface area contributed by atoms with E-state index in [4.69, 9.17) is 32.8 Å². The predicted octanol–water partition coefficient (Wildman–Crippen LogP) is 4.60. The van der Waals surface area contributed by atoms with E-state index in [9.17, 15) is 4.79 Å². The maximum Gasteiger partial charge on any atom is 0.345 e. The van der Waals surface area contributed by atoms with Gasteiger partial charge in [0.1, 0.15) is 12.4 Å². The Morgan fingerprint density at radius 3 is 2.57 bits per heavy atom. The highest BCUT2D eigenvalue weighted by Crippen LogP contribution is 2.26. The number of hydroxylamine groups is 2. The Morgan fingerprint density at radius 2 is 1.91 bits per heavy atom. The number of nitrogens with one attached hydrogen (secondary N) is 1. The summed E-state index contributed by atoms with van der Waals surface area (Å²) in [5.74, 6) is 0.587. The maximum absolute atomic E-state index is 11.7. The molecule has 0 unspecified atom stereocenters. The van der Waals surface area contributed by atoms with Crippen molar-refractivity contribution in [2.75, 3.05) is 19.5 Å². The van der Waals surface area contributed by atoms with E-state index in [1.165, 1.54) is 14.2 Å². The molecule has 5 nitrogen and oxygen atoms in total. The van der Waals surface area contributed by atoms with E-state index in [-0.39, 0.29) is 6.61 Å². The predicted molar refractivity (Wildman–Crippen MR) is 91.0 cm³/mol. The topological polar surface area (TPSA) is 50.8 Å². The Labute approximate surface area is 144 Å². The molecule has 23 heavy (non-hydrogen) atoms. The summed E-state index contributed by atoms with van der Waals surface area (Å²) in [5.41, 5.74) is 1.34. The van der Waals surface area contributed by atoms with Crippen LogP contribution >= 0.6 is 23.2 Å². The van der Waals surface area contributed by atoms with Crippen molar-refractivity contribution in [1.29, 1.82) is 0 Å². The number of para-hydroxylation sites is 1. The molecule has 0 aromatic heterocycles. The van der Waals surface area contributed by atoms with Crippen LogP contribution in [0.25, 0.3) is 0 Å². The number of rotatable bonds is 5. The SMILES string of the molecule is CON(C)C(=O)Nc1ccc(COc2ccccc2Cl)c(Cl)c1. The standard InChI is InChI=1S/C16H16Cl2N2O3/c1-20(22-2)16(21)19-12-8-7-11(14(18)9-12)10-23-15-6-4-3-5-13(15)17/h3-9H,10H2,1-2H3,(H,19,21). The molecule has 2 rings (SSSR count). The van der Waals surface area contributed by atoms with Gasteiger partial charge in [0.25, 0.3) is 0 Å². The second-order valence-corrected chi connectivity index (χ2v) is 5.45. The molecule has 0 aliphatic rings. The molecule has 1 N–H and O–H groups in total. The smallest absolute Gasteiger partial charge is 0.345 e.